The van der Waals surface area contributed by atoms with E-state index in [0.717, 1.165) is 69.7 Å². The molecule has 3 heterocycles. The molecule has 7 fully saturated rings. The molecule has 0 aromatic heterocycles. The summed E-state index contributed by atoms with van der Waals surface area (Å²) in [6.07, 6.45) is 4.77. The van der Waals surface area contributed by atoms with E-state index < -0.39 is 17.8 Å². The van der Waals surface area contributed by atoms with Crippen LogP contribution in [0.1, 0.15) is 92.1 Å². The number of methoxy groups -OCH3 is 1. The van der Waals surface area contributed by atoms with E-state index in [1.807, 2.05) is 13.0 Å². The summed E-state index contributed by atoms with van der Waals surface area (Å²) in [6, 6.07) is 5.17. The molecule has 63 heavy (non-hydrogen) atoms. The quantitative estimate of drug-likeness (QED) is 0.137. The van der Waals surface area contributed by atoms with Crippen molar-refractivity contribution >= 4 is 17.9 Å². The lowest BCUT2D eigenvalue weighted by Crippen LogP contribution is -2.54. The SMILES string of the molecule is COc1cc(C2[C@@H](C(=O)O[C@@H]3C[C@@H]4[C@@H](CN(C)C[C@@H]4C)[C@@H]3C)C(CC/C(C)=C/C(=O)O[C@@H]3C[C@@H]4[C@@H](CN(C)C[C@@H]4C)[C@@H]3C)[C@@H]2C(=O)O[C@@H]2C[C@@H]3[C@@H](CN(C)C[C@@H]3C)[C@@H]2C)ccc1O. The number of allylic oxidation sites excluding steroid dienone is 1. The number of phenolic OH excluding ortho intramolecular Hbond substituents is 1. The highest BCUT2D eigenvalue weighted by Gasteiger charge is 2.61. The predicted molar refractivity (Wildman–Crippen MR) is 243 cm³/mol. The smallest absolute Gasteiger partial charge is 0.330 e. The molecule has 1 aromatic carbocycles. The van der Waals surface area contributed by atoms with Gasteiger partial charge in [0.05, 0.1) is 18.9 Å². The van der Waals surface area contributed by atoms with Gasteiger partial charge in [0, 0.05) is 51.3 Å². The van der Waals surface area contributed by atoms with E-state index in [1.165, 1.54) is 7.11 Å². The summed E-state index contributed by atoms with van der Waals surface area (Å²) in [7, 11) is 8.07. The number of fused-ring (bicyclic) bond motifs is 3. The summed E-state index contributed by atoms with van der Waals surface area (Å²) in [5.74, 6) is 2.65. The summed E-state index contributed by atoms with van der Waals surface area (Å²) < 4.78 is 25.1. The molecular formula is C52H79N3O8. The van der Waals surface area contributed by atoms with Crippen LogP contribution in [0.4, 0.5) is 0 Å². The molecule has 3 saturated heterocycles. The molecule has 0 amide bonds. The summed E-state index contributed by atoms with van der Waals surface area (Å²) in [5, 5.41) is 10.7. The number of benzene rings is 1. The molecule has 11 nitrogen and oxygen atoms in total. The van der Waals surface area contributed by atoms with Crippen LogP contribution in [0.25, 0.3) is 0 Å². The van der Waals surface area contributed by atoms with Crippen molar-refractivity contribution in [2.75, 3.05) is 67.5 Å². The molecule has 4 aliphatic carbocycles. The van der Waals surface area contributed by atoms with Gasteiger partial charge in [0.25, 0.3) is 0 Å². The average Bonchev–Trinajstić information content (AvgIpc) is 3.81. The Morgan fingerprint density at radius 1 is 0.651 bits per heavy atom. The van der Waals surface area contributed by atoms with E-state index in [9.17, 15) is 19.5 Å². The maximum absolute atomic E-state index is 14.9. The molecule has 0 spiro atoms. The van der Waals surface area contributed by atoms with E-state index in [2.05, 4.69) is 77.4 Å². The van der Waals surface area contributed by atoms with Gasteiger partial charge in [0.15, 0.2) is 11.5 Å². The first-order valence-corrected chi connectivity index (χ1v) is 24.6. The van der Waals surface area contributed by atoms with Gasteiger partial charge in [0.1, 0.15) is 18.3 Å². The highest BCUT2D eigenvalue weighted by molar-refractivity contribution is 5.84. The first kappa shape index (κ1) is 46.4. The number of piperidine rings is 3. The summed E-state index contributed by atoms with van der Waals surface area (Å²) in [4.78, 5) is 50.6. The fraction of sp³-hybridized carbons (Fsp3) is 0.788. The number of hydrogen-bond acceptors (Lipinski definition) is 11. The van der Waals surface area contributed by atoms with Crippen LogP contribution in [-0.4, -0.2) is 124 Å². The van der Waals surface area contributed by atoms with E-state index in [1.54, 1.807) is 18.2 Å². The topological polar surface area (TPSA) is 118 Å². The standard InChI is InChI=1S/C52H79N3O8/c1-27(16-47(57)61-43-18-36-28(2)21-53(8)24-39(36)31(43)5)12-14-35-49(51(58)62-44-19-37-29(3)22-54(9)25-40(37)32(44)6)48(34-13-15-42(56)46(17-34)60-11)50(35)52(59)63-45-20-38-30(4)23-55(10)26-41(38)33(45)7/h13,15-17,28-33,35-41,43-45,48-50,56H,12,14,18-26H2,1-11H3/b27-16+/t28-,29-,30-,31-,32-,33-,35?,36-,37-,38-,39-,40-,41-,43+,44+,45+,48?,49-,50-/m0/s1. The molecule has 7 aliphatic rings. The third-order valence-electron chi connectivity index (χ3n) is 18.4. The van der Waals surface area contributed by atoms with E-state index in [4.69, 9.17) is 18.9 Å². The number of phenols is 1. The number of aromatic hydroxyl groups is 1. The van der Waals surface area contributed by atoms with Crippen molar-refractivity contribution in [1.82, 2.24) is 14.7 Å². The molecule has 0 unspecified atom stereocenters. The fourth-order valence-corrected chi connectivity index (χ4v) is 14.9. The molecule has 11 heteroatoms. The van der Waals surface area contributed by atoms with Gasteiger partial charge in [-0.3, -0.25) is 9.59 Å². The molecular weight excluding hydrogens is 795 g/mol. The largest absolute Gasteiger partial charge is 0.504 e. The first-order chi connectivity index (χ1) is 29.9. The summed E-state index contributed by atoms with van der Waals surface area (Å²) >= 11 is 0. The van der Waals surface area contributed by atoms with Crippen molar-refractivity contribution in [2.24, 2.45) is 88.8 Å². The van der Waals surface area contributed by atoms with Gasteiger partial charge in [-0.25, -0.2) is 4.79 Å². The van der Waals surface area contributed by atoms with Crippen molar-refractivity contribution < 1.29 is 38.4 Å². The number of carbonyl (C=O) groups excluding carboxylic acids is 3. The van der Waals surface area contributed by atoms with Crippen LogP contribution in [0, 0.1) is 88.8 Å². The number of ether oxygens (including phenoxy) is 4. The molecule has 350 valence electrons. The van der Waals surface area contributed by atoms with Gasteiger partial charge >= 0.3 is 17.9 Å². The third-order valence-corrected chi connectivity index (χ3v) is 18.4. The Balaban J connectivity index is 1.05. The van der Waals surface area contributed by atoms with Crippen LogP contribution < -0.4 is 4.74 Å². The summed E-state index contributed by atoms with van der Waals surface area (Å²) in [5.41, 5.74) is 1.61. The molecule has 1 N–H and O–H groups in total. The van der Waals surface area contributed by atoms with Gasteiger partial charge in [-0.05, 0) is 155 Å². The first-order valence-electron chi connectivity index (χ1n) is 24.6. The van der Waals surface area contributed by atoms with Gasteiger partial charge < -0.3 is 38.8 Å². The van der Waals surface area contributed by atoms with Crippen molar-refractivity contribution in [3.05, 3.63) is 35.4 Å². The third kappa shape index (κ3) is 9.07. The number of carbonyl (C=O) groups is 3. The molecule has 0 radical (unpaired) electrons. The normalized spacial score (nSPS) is 43.0. The molecule has 17 atom stereocenters. The zero-order chi connectivity index (χ0) is 45.2. The molecule has 0 bridgehead atoms. The molecule has 3 aliphatic heterocycles. The van der Waals surface area contributed by atoms with Crippen molar-refractivity contribution in [3.63, 3.8) is 0 Å². The second-order valence-corrected chi connectivity index (χ2v) is 22.5. The van der Waals surface area contributed by atoms with Crippen LogP contribution in [0.15, 0.2) is 29.8 Å². The number of rotatable bonds is 11. The average molecular weight is 874 g/mol. The monoisotopic (exact) mass is 874 g/mol. The van der Waals surface area contributed by atoms with Crippen molar-refractivity contribution in [3.8, 4) is 11.5 Å². The van der Waals surface area contributed by atoms with Crippen LogP contribution >= 0.6 is 0 Å². The predicted octanol–water partition coefficient (Wildman–Crippen LogP) is 7.37. The maximum atomic E-state index is 14.9. The van der Waals surface area contributed by atoms with Crippen LogP contribution in [-0.2, 0) is 28.6 Å². The van der Waals surface area contributed by atoms with Crippen molar-refractivity contribution in [1.29, 1.82) is 0 Å². The highest BCUT2D eigenvalue weighted by atomic mass is 16.6. The fourth-order valence-electron chi connectivity index (χ4n) is 14.9. The number of nitrogens with zero attached hydrogens (tertiary/aromatic N) is 3. The Morgan fingerprint density at radius 2 is 1.08 bits per heavy atom. The minimum absolute atomic E-state index is 0.00131. The maximum Gasteiger partial charge on any atom is 0.330 e. The lowest BCUT2D eigenvalue weighted by Gasteiger charge is -2.50. The van der Waals surface area contributed by atoms with E-state index in [-0.39, 0.29) is 59.7 Å². The number of esters is 3. The van der Waals surface area contributed by atoms with Crippen LogP contribution in [0.5, 0.6) is 11.5 Å². The van der Waals surface area contributed by atoms with Gasteiger partial charge in [-0.15, -0.1) is 0 Å². The Morgan fingerprint density at radius 3 is 1.51 bits per heavy atom. The second kappa shape index (κ2) is 18.6. The lowest BCUT2D eigenvalue weighted by molar-refractivity contribution is -0.181. The Labute approximate surface area is 378 Å². The zero-order valence-electron chi connectivity index (χ0n) is 40.2. The van der Waals surface area contributed by atoms with Gasteiger partial charge in [0.2, 0.25) is 0 Å². The Hall–Kier alpha value is -3.15. The molecule has 4 saturated carbocycles. The van der Waals surface area contributed by atoms with Crippen LogP contribution in [0.2, 0.25) is 0 Å². The number of likely N-dealkylation sites (tertiary alicyclic amines) is 3. The van der Waals surface area contributed by atoms with Gasteiger partial charge in [-0.1, -0.05) is 53.2 Å². The Bertz CT molecular complexity index is 1800. The second-order valence-electron chi connectivity index (χ2n) is 22.5. The zero-order valence-corrected chi connectivity index (χ0v) is 40.2. The van der Waals surface area contributed by atoms with Gasteiger partial charge in [-0.2, -0.15) is 0 Å². The van der Waals surface area contributed by atoms with Crippen molar-refractivity contribution in [2.45, 2.75) is 105 Å². The minimum atomic E-state index is -0.619. The lowest BCUT2D eigenvalue weighted by atomic mass is 9.53. The Kier molecular flexibility index (Phi) is 13.7. The summed E-state index contributed by atoms with van der Waals surface area (Å²) in [6.45, 7) is 21.8. The van der Waals surface area contributed by atoms with E-state index >= 15 is 0 Å². The minimum Gasteiger partial charge on any atom is -0.504 e. The van der Waals surface area contributed by atoms with E-state index in [0.29, 0.717) is 77.8 Å². The molecule has 8 rings (SSSR count). The molecule has 1 aromatic rings. The highest BCUT2D eigenvalue weighted by Crippen LogP contribution is 2.58. The van der Waals surface area contributed by atoms with Crippen LogP contribution in [0.3, 0.4) is 0 Å². The number of hydrogen-bond donors (Lipinski definition) is 1.